The highest BCUT2D eigenvalue weighted by Crippen LogP contribution is 2.33. The molecule has 7 nitrogen and oxygen atoms in total. The summed E-state index contributed by atoms with van der Waals surface area (Å²) in [5, 5.41) is 5.10. The average molecular weight is 442 g/mol. The number of carbonyl (C=O) groups excluding carboxylic acids is 2. The Labute approximate surface area is 186 Å². The molecule has 31 heavy (non-hydrogen) atoms. The van der Waals surface area contributed by atoms with Gasteiger partial charge in [0.2, 0.25) is 0 Å². The molecule has 1 fully saturated rings. The van der Waals surface area contributed by atoms with Crippen molar-refractivity contribution in [3.05, 3.63) is 52.4 Å². The van der Waals surface area contributed by atoms with E-state index in [1.54, 1.807) is 0 Å². The standard InChI is InChI=1S/C23H27N3O4S/c1-2-30-18-8-6-17(7-9-18)24-21-20(19-5-3-16-31-19)22(27)26(23(21)28)11-4-10-25-12-14-29-15-13-25/h3,5-9,16,24H,2,4,10-15H2,1H3. The molecule has 1 N–H and O–H groups in total. The molecule has 0 spiro atoms. The Balaban J connectivity index is 1.49. The molecule has 4 rings (SSSR count). The summed E-state index contributed by atoms with van der Waals surface area (Å²) in [5.74, 6) is 0.256. The van der Waals surface area contributed by atoms with Crippen LogP contribution < -0.4 is 10.1 Å². The maximum atomic E-state index is 13.2. The number of carbonyl (C=O) groups is 2. The molecule has 0 bridgehead atoms. The second kappa shape index (κ2) is 10.1. The topological polar surface area (TPSA) is 71.1 Å². The first-order valence-electron chi connectivity index (χ1n) is 10.6. The Morgan fingerprint density at radius 1 is 1.06 bits per heavy atom. The monoisotopic (exact) mass is 441 g/mol. The fourth-order valence-electron chi connectivity index (χ4n) is 3.77. The molecular weight excluding hydrogens is 414 g/mol. The number of thiophene rings is 1. The van der Waals surface area contributed by atoms with Crippen molar-refractivity contribution in [3.8, 4) is 5.75 Å². The zero-order valence-electron chi connectivity index (χ0n) is 17.6. The van der Waals surface area contributed by atoms with Crippen molar-refractivity contribution in [2.75, 3.05) is 51.3 Å². The summed E-state index contributed by atoms with van der Waals surface area (Å²) in [4.78, 5) is 30.9. The van der Waals surface area contributed by atoms with E-state index in [2.05, 4.69) is 10.2 Å². The van der Waals surface area contributed by atoms with Crippen LogP contribution in [-0.4, -0.2) is 67.6 Å². The van der Waals surface area contributed by atoms with Crippen LogP contribution in [0.2, 0.25) is 0 Å². The number of hydrogen-bond donors (Lipinski definition) is 1. The predicted molar refractivity (Wildman–Crippen MR) is 121 cm³/mol. The molecule has 1 saturated heterocycles. The first kappa shape index (κ1) is 21.5. The smallest absolute Gasteiger partial charge is 0.278 e. The largest absolute Gasteiger partial charge is 0.494 e. The Bertz CT molecular complexity index is 934. The van der Waals surface area contributed by atoms with Crippen molar-refractivity contribution in [1.29, 1.82) is 0 Å². The highest BCUT2D eigenvalue weighted by atomic mass is 32.1. The zero-order valence-corrected chi connectivity index (χ0v) is 18.5. The molecule has 2 amide bonds. The van der Waals surface area contributed by atoms with Gasteiger partial charge < -0.3 is 14.8 Å². The van der Waals surface area contributed by atoms with Gasteiger partial charge in [0.25, 0.3) is 11.8 Å². The SMILES string of the molecule is CCOc1ccc(NC2=C(c3cccs3)C(=O)N(CCCN3CCOCC3)C2=O)cc1. The van der Waals surface area contributed by atoms with Gasteiger partial charge in [-0.3, -0.25) is 19.4 Å². The van der Waals surface area contributed by atoms with Crippen LogP contribution in [0.25, 0.3) is 5.57 Å². The molecule has 0 unspecified atom stereocenters. The van der Waals surface area contributed by atoms with Gasteiger partial charge in [-0.1, -0.05) is 6.07 Å². The number of ether oxygens (including phenoxy) is 2. The van der Waals surface area contributed by atoms with Crippen LogP contribution in [0.4, 0.5) is 5.69 Å². The second-order valence-corrected chi connectivity index (χ2v) is 8.33. The Morgan fingerprint density at radius 3 is 2.52 bits per heavy atom. The molecule has 0 radical (unpaired) electrons. The number of nitrogens with one attached hydrogen (secondary N) is 1. The van der Waals surface area contributed by atoms with E-state index in [1.165, 1.54) is 16.2 Å². The van der Waals surface area contributed by atoms with E-state index in [9.17, 15) is 9.59 Å². The fourth-order valence-corrected chi connectivity index (χ4v) is 4.54. The van der Waals surface area contributed by atoms with Gasteiger partial charge in [0.05, 0.1) is 25.4 Å². The number of morpholine rings is 1. The van der Waals surface area contributed by atoms with Gasteiger partial charge in [-0.05, 0) is 49.1 Å². The lowest BCUT2D eigenvalue weighted by Gasteiger charge is -2.27. The Hall–Kier alpha value is -2.68. The van der Waals surface area contributed by atoms with Gasteiger partial charge in [0.15, 0.2) is 0 Å². The minimum absolute atomic E-state index is 0.233. The van der Waals surface area contributed by atoms with E-state index >= 15 is 0 Å². The maximum Gasteiger partial charge on any atom is 0.278 e. The summed E-state index contributed by atoms with van der Waals surface area (Å²) >= 11 is 1.46. The molecule has 3 heterocycles. The molecule has 0 aliphatic carbocycles. The van der Waals surface area contributed by atoms with Gasteiger partial charge in [-0.2, -0.15) is 0 Å². The lowest BCUT2D eigenvalue weighted by atomic mass is 10.2. The normalized spacial score (nSPS) is 17.5. The number of amides is 2. The fraction of sp³-hybridized carbons (Fsp3) is 0.391. The van der Waals surface area contributed by atoms with E-state index in [0.717, 1.165) is 55.6 Å². The van der Waals surface area contributed by atoms with Gasteiger partial charge in [-0.25, -0.2) is 0 Å². The first-order valence-corrected chi connectivity index (χ1v) is 11.5. The van der Waals surface area contributed by atoms with Crippen LogP contribution in [0, 0.1) is 0 Å². The van der Waals surface area contributed by atoms with E-state index in [4.69, 9.17) is 9.47 Å². The lowest BCUT2D eigenvalue weighted by molar-refractivity contribution is -0.136. The number of anilines is 1. The summed E-state index contributed by atoms with van der Waals surface area (Å²) in [6.45, 7) is 7.03. The number of nitrogens with zero attached hydrogens (tertiary/aromatic N) is 2. The Morgan fingerprint density at radius 2 is 1.84 bits per heavy atom. The number of benzene rings is 1. The second-order valence-electron chi connectivity index (χ2n) is 7.38. The van der Waals surface area contributed by atoms with Crippen LogP contribution in [0.3, 0.4) is 0 Å². The first-order chi connectivity index (χ1) is 15.2. The number of rotatable bonds is 9. The van der Waals surface area contributed by atoms with Crippen LogP contribution in [0.1, 0.15) is 18.2 Å². The molecule has 0 saturated carbocycles. The average Bonchev–Trinajstić information content (AvgIpc) is 3.39. The molecule has 1 aromatic carbocycles. The van der Waals surface area contributed by atoms with Gasteiger partial charge in [0, 0.05) is 36.7 Å². The summed E-state index contributed by atoms with van der Waals surface area (Å²) in [6.07, 6.45) is 0.742. The summed E-state index contributed by atoms with van der Waals surface area (Å²) in [6, 6.07) is 11.2. The van der Waals surface area contributed by atoms with Crippen LogP contribution >= 0.6 is 11.3 Å². The molecule has 2 aromatic rings. The van der Waals surface area contributed by atoms with Crippen molar-refractivity contribution < 1.29 is 19.1 Å². The molecule has 8 heteroatoms. The highest BCUT2D eigenvalue weighted by molar-refractivity contribution is 7.11. The molecule has 2 aliphatic heterocycles. The molecular formula is C23H27N3O4S. The minimum Gasteiger partial charge on any atom is -0.494 e. The Kier molecular flexibility index (Phi) is 7.01. The summed E-state index contributed by atoms with van der Waals surface area (Å²) in [5.41, 5.74) is 1.52. The van der Waals surface area contributed by atoms with Crippen molar-refractivity contribution in [3.63, 3.8) is 0 Å². The van der Waals surface area contributed by atoms with Crippen molar-refractivity contribution in [2.24, 2.45) is 0 Å². The van der Waals surface area contributed by atoms with Crippen molar-refractivity contribution in [1.82, 2.24) is 9.80 Å². The molecule has 0 atom stereocenters. The van der Waals surface area contributed by atoms with Crippen LogP contribution in [0.15, 0.2) is 47.5 Å². The third kappa shape index (κ3) is 4.98. The third-order valence-electron chi connectivity index (χ3n) is 5.33. The van der Waals surface area contributed by atoms with Gasteiger partial charge in [-0.15, -0.1) is 11.3 Å². The summed E-state index contributed by atoms with van der Waals surface area (Å²) < 4.78 is 10.9. The summed E-state index contributed by atoms with van der Waals surface area (Å²) in [7, 11) is 0. The van der Waals surface area contributed by atoms with E-state index in [0.29, 0.717) is 24.4 Å². The van der Waals surface area contributed by atoms with Gasteiger partial charge in [0.1, 0.15) is 11.4 Å². The zero-order chi connectivity index (χ0) is 21.6. The number of hydrogen-bond acceptors (Lipinski definition) is 7. The minimum atomic E-state index is -0.274. The van der Waals surface area contributed by atoms with Crippen molar-refractivity contribution >= 4 is 34.4 Å². The quantitative estimate of drug-likeness (QED) is 0.603. The lowest BCUT2D eigenvalue weighted by Crippen LogP contribution is -2.39. The van der Waals surface area contributed by atoms with Crippen molar-refractivity contribution in [2.45, 2.75) is 13.3 Å². The molecule has 2 aliphatic rings. The highest BCUT2D eigenvalue weighted by Gasteiger charge is 2.39. The van der Waals surface area contributed by atoms with Crippen LogP contribution in [0.5, 0.6) is 5.75 Å². The maximum absolute atomic E-state index is 13.2. The molecule has 164 valence electrons. The van der Waals surface area contributed by atoms with E-state index in [-0.39, 0.29) is 11.8 Å². The molecule has 1 aromatic heterocycles. The van der Waals surface area contributed by atoms with Gasteiger partial charge >= 0.3 is 0 Å². The van der Waals surface area contributed by atoms with Crippen LogP contribution in [-0.2, 0) is 14.3 Å². The van der Waals surface area contributed by atoms with E-state index < -0.39 is 0 Å². The van der Waals surface area contributed by atoms with E-state index in [1.807, 2.05) is 48.7 Å². The predicted octanol–water partition coefficient (Wildman–Crippen LogP) is 3.06. The third-order valence-corrected chi connectivity index (χ3v) is 6.22. The number of imide groups is 1.